The minimum atomic E-state index is 0.228. The summed E-state index contributed by atoms with van der Waals surface area (Å²) in [4.78, 5) is 4.39. The summed E-state index contributed by atoms with van der Waals surface area (Å²) in [6, 6.07) is 0.228. The Morgan fingerprint density at radius 3 is 2.76 bits per heavy atom. The quantitative estimate of drug-likeness (QED) is 0.850. The van der Waals surface area contributed by atoms with Crippen LogP contribution in [0.3, 0.4) is 0 Å². The van der Waals surface area contributed by atoms with E-state index in [-0.39, 0.29) is 6.04 Å². The first-order valence-corrected chi connectivity index (χ1v) is 7.30. The lowest BCUT2D eigenvalue weighted by atomic mass is 10.1. The predicted octanol–water partition coefficient (Wildman–Crippen LogP) is 2.69. The minimum Gasteiger partial charge on any atom is -0.334 e. The Morgan fingerprint density at radius 1 is 1.47 bits per heavy atom. The van der Waals surface area contributed by atoms with Gasteiger partial charge in [-0.1, -0.05) is 27.7 Å². The second-order valence-electron chi connectivity index (χ2n) is 5.37. The third kappa shape index (κ3) is 5.59. The van der Waals surface area contributed by atoms with Crippen LogP contribution in [0.15, 0.2) is 12.4 Å². The average molecular weight is 255 g/mol. The molecule has 2 N–H and O–H groups in total. The van der Waals surface area contributed by atoms with Crippen molar-refractivity contribution < 1.29 is 0 Å². The molecule has 0 fully saturated rings. The van der Waals surface area contributed by atoms with E-state index in [0.29, 0.717) is 4.75 Å². The van der Waals surface area contributed by atoms with Gasteiger partial charge in [0.25, 0.3) is 0 Å². The van der Waals surface area contributed by atoms with Gasteiger partial charge in [-0.3, -0.25) is 0 Å². The molecule has 0 saturated carbocycles. The zero-order valence-corrected chi connectivity index (χ0v) is 12.3. The average Bonchev–Trinajstić information content (AvgIpc) is 2.64. The van der Waals surface area contributed by atoms with Gasteiger partial charge in [-0.15, -0.1) is 0 Å². The number of hydrogen-bond donors (Lipinski definition) is 1. The molecule has 0 saturated heterocycles. The van der Waals surface area contributed by atoms with Crippen molar-refractivity contribution in [1.82, 2.24) is 9.55 Å². The molecule has 0 spiro atoms. The van der Waals surface area contributed by atoms with Crippen LogP contribution in [0, 0.1) is 0 Å². The summed E-state index contributed by atoms with van der Waals surface area (Å²) < 4.78 is 2.56. The molecule has 0 aliphatic heterocycles. The van der Waals surface area contributed by atoms with Crippen LogP contribution in [0.1, 0.15) is 39.9 Å². The van der Waals surface area contributed by atoms with Crippen molar-refractivity contribution in [2.75, 3.05) is 5.75 Å². The topological polar surface area (TPSA) is 43.8 Å². The normalized spacial score (nSPS) is 13.9. The van der Waals surface area contributed by atoms with E-state index in [9.17, 15) is 0 Å². The summed E-state index contributed by atoms with van der Waals surface area (Å²) in [5.41, 5.74) is 5.97. The van der Waals surface area contributed by atoms with Gasteiger partial charge < -0.3 is 10.3 Å². The summed E-state index contributed by atoms with van der Waals surface area (Å²) in [7, 11) is 0. The highest BCUT2D eigenvalue weighted by Gasteiger charge is 2.11. The van der Waals surface area contributed by atoms with E-state index in [0.717, 1.165) is 31.0 Å². The van der Waals surface area contributed by atoms with Gasteiger partial charge in [0.15, 0.2) is 0 Å². The van der Waals surface area contributed by atoms with Crippen molar-refractivity contribution in [1.29, 1.82) is 0 Å². The Hall–Kier alpha value is -0.480. The molecular formula is C13H25N3S. The van der Waals surface area contributed by atoms with E-state index >= 15 is 0 Å². The molecule has 0 aromatic carbocycles. The molecule has 1 heterocycles. The smallest absolute Gasteiger partial charge is 0.110 e. The lowest BCUT2D eigenvalue weighted by Crippen LogP contribution is -2.24. The Bertz CT molecular complexity index is 328. The van der Waals surface area contributed by atoms with E-state index in [2.05, 4.69) is 43.4 Å². The number of hydrogen-bond acceptors (Lipinski definition) is 3. The third-order valence-electron chi connectivity index (χ3n) is 2.64. The summed E-state index contributed by atoms with van der Waals surface area (Å²) in [6.45, 7) is 9.89. The molecule has 0 amide bonds. The number of imidazole rings is 1. The van der Waals surface area contributed by atoms with Crippen LogP contribution >= 0.6 is 11.8 Å². The third-order valence-corrected chi connectivity index (χ3v) is 3.89. The molecule has 0 radical (unpaired) electrons. The summed E-state index contributed by atoms with van der Waals surface area (Å²) in [6.07, 6.45) is 5.81. The lowest BCUT2D eigenvalue weighted by Gasteiger charge is -2.18. The molecule has 0 aliphatic carbocycles. The molecule has 1 aromatic heterocycles. The summed E-state index contributed by atoms with van der Waals surface area (Å²) >= 11 is 1.99. The van der Waals surface area contributed by atoms with Crippen molar-refractivity contribution >= 4 is 11.8 Å². The summed E-state index contributed by atoms with van der Waals surface area (Å²) in [5, 5.41) is 0. The first-order chi connectivity index (χ1) is 7.92. The van der Waals surface area contributed by atoms with Gasteiger partial charge in [0.2, 0.25) is 0 Å². The Labute approximate surface area is 109 Å². The van der Waals surface area contributed by atoms with Crippen molar-refractivity contribution in [3.8, 4) is 0 Å². The maximum Gasteiger partial charge on any atom is 0.110 e. The van der Waals surface area contributed by atoms with E-state index in [1.54, 1.807) is 0 Å². The van der Waals surface area contributed by atoms with E-state index in [1.807, 2.05) is 18.0 Å². The minimum absolute atomic E-state index is 0.228. The fraction of sp³-hybridized carbons (Fsp3) is 0.769. The van der Waals surface area contributed by atoms with Crippen LogP contribution < -0.4 is 5.73 Å². The Kier molecular flexibility index (Phi) is 5.53. The molecule has 98 valence electrons. The van der Waals surface area contributed by atoms with Crippen molar-refractivity contribution in [3.05, 3.63) is 18.2 Å². The van der Waals surface area contributed by atoms with Crippen molar-refractivity contribution in [2.45, 2.75) is 57.9 Å². The van der Waals surface area contributed by atoms with Crippen LogP contribution in [-0.4, -0.2) is 26.1 Å². The van der Waals surface area contributed by atoms with Crippen LogP contribution in [0.25, 0.3) is 0 Å². The molecule has 1 aromatic rings. The number of aryl methyl sites for hydroxylation is 1. The first-order valence-electron chi connectivity index (χ1n) is 6.32. The molecular weight excluding hydrogens is 230 g/mol. The lowest BCUT2D eigenvalue weighted by molar-refractivity contribution is 0.592. The highest BCUT2D eigenvalue weighted by atomic mass is 32.2. The highest BCUT2D eigenvalue weighted by molar-refractivity contribution is 8.00. The second-order valence-corrected chi connectivity index (χ2v) is 7.29. The fourth-order valence-corrected chi connectivity index (χ4v) is 2.46. The number of thioether (sulfide) groups is 1. The van der Waals surface area contributed by atoms with Crippen LogP contribution in [0.4, 0.5) is 0 Å². The van der Waals surface area contributed by atoms with Gasteiger partial charge in [0, 0.05) is 41.9 Å². The molecule has 0 aliphatic rings. The van der Waals surface area contributed by atoms with Gasteiger partial charge in [0.05, 0.1) is 0 Å². The van der Waals surface area contributed by atoms with Crippen LogP contribution in [0.2, 0.25) is 0 Å². The maximum atomic E-state index is 5.97. The van der Waals surface area contributed by atoms with Gasteiger partial charge in [-0.25, -0.2) is 4.98 Å². The molecule has 0 bridgehead atoms. The number of nitrogens with zero attached hydrogens (tertiary/aromatic N) is 2. The zero-order valence-electron chi connectivity index (χ0n) is 11.4. The Morgan fingerprint density at radius 2 is 2.18 bits per heavy atom. The van der Waals surface area contributed by atoms with Gasteiger partial charge in [-0.2, -0.15) is 11.8 Å². The summed E-state index contributed by atoms with van der Waals surface area (Å²) in [5.74, 6) is 2.24. The monoisotopic (exact) mass is 255 g/mol. The fourth-order valence-electron chi connectivity index (χ4n) is 1.56. The first kappa shape index (κ1) is 14.6. The highest BCUT2D eigenvalue weighted by Crippen LogP contribution is 2.23. The molecule has 4 heteroatoms. The second kappa shape index (κ2) is 6.45. The van der Waals surface area contributed by atoms with Crippen molar-refractivity contribution in [2.24, 2.45) is 5.73 Å². The largest absolute Gasteiger partial charge is 0.334 e. The number of aromatic nitrogens is 2. The van der Waals surface area contributed by atoms with Crippen LogP contribution in [-0.2, 0) is 13.0 Å². The standard InChI is InChI=1S/C13H25N3S/c1-5-11(14)10-12-15-6-7-16(12)8-9-17-13(2,3)4/h6-7,11H,5,8-10,14H2,1-4H3. The van der Waals surface area contributed by atoms with Gasteiger partial charge in [0.1, 0.15) is 5.82 Å². The molecule has 17 heavy (non-hydrogen) atoms. The Balaban J connectivity index is 2.46. The molecule has 1 unspecified atom stereocenters. The molecule has 3 nitrogen and oxygen atoms in total. The SMILES string of the molecule is CCC(N)Cc1nccn1CCSC(C)(C)C. The van der Waals surface area contributed by atoms with Gasteiger partial charge >= 0.3 is 0 Å². The van der Waals surface area contributed by atoms with Gasteiger partial charge in [-0.05, 0) is 6.42 Å². The van der Waals surface area contributed by atoms with Crippen LogP contribution in [0.5, 0.6) is 0 Å². The van der Waals surface area contributed by atoms with E-state index in [1.165, 1.54) is 0 Å². The maximum absolute atomic E-state index is 5.97. The zero-order chi connectivity index (χ0) is 12.9. The number of rotatable bonds is 6. The van der Waals surface area contributed by atoms with Crippen molar-refractivity contribution in [3.63, 3.8) is 0 Å². The molecule has 1 atom stereocenters. The molecule has 1 rings (SSSR count). The predicted molar refractivity (Wildman–Crippen MR) is 76.4 cm³/mol. The van der Waals surface area contributed by atoms with E-state index < -0.39 is 0 Å². The number of nitrogens with two attached hydrogens (primary N) is 1. The van der Waals surface area contributed by atoms with E-state index in [4.69, 9.17) is 5.73 Å².